The topological polar surface area (TPSA) is 38.3 Å². The zero-order valence-corrected chi connectivity index (χ0v) is 10.1. The molecule has 0 radical (unpaired) electrons. The van der Waals surface area contributed by atoms with Gasteiger partial charge in [0.15, 0.2) is 0 Å². The van der Waals surface area contributed by atoms with Gasteiger partial charge in [0, 0.05) is 6.54 Å². The smallest absolute Gasteiger partial charge is 0.407 e. The lowest BCUT2D eigenvalue weighted by Crippen LogP contribution is -2.28. The third kappa shape index (κ3) is 4.10. The fraction of sp³-hybridized carbons (Fsp3) is 0.917. The second kappa shape index (κ2) is 5.99. The summed E-state index contributed by atoms with van der Waals surface area (Å²) in [5.41, 5.74) is 0. The van der Waals surface area contributed by atoms with Gasteiger partial charge >= 0.3 is 6.09 Å². The van der Waals surface area contributed by atoms with Crippen LogP contribution in [0.25, 0.3) is 0 Å². The van der Waals surface area contributed by atoms with E-state index in [9.17, 15) is 4.79 Å². The van der Waals surface area contributed by atoms with Crippen LogP contribution >= 0.6 is 0 Å². The van der Waals surface area contributed by atoms with Crippen LogP contribution in [-0.4, -0.2) is 18.7 Å². The van der Waals surface area contributed by atoms with Gasteiger partial charge in [-0.05, 0) is 37.5 Å². The lowest BCUT2D eigenvalue weighted by Gasteiger charge is -2.15. The predicted molar refractivity (Wildman–Crippen MR) is 60.7 cm³/mol. The van der Waals surface area contributed by atoms with Crippen LogP contribution in [0.5, 0.6) is 0 Å². The Morgan fingerprint density at radius 1 is 1.47 bits per heavy atom. The van der Waals surface area contributed by atoms with E-state index in [-0.39, 0.29) is 12.2 Å². The molecular weight excluding hydrogens is 190 g/mol. The Labute approximate surface area is 92.6 Å². The first-order valence-corrected chi connectivity index (χ1v) is 6.08. The monoisotopic (exact) mass is 213 g/mol. The lowest BCUT2D eigenvalue weighted by atomic mass is 9.95. The molecule has 15 heavy (non-hydrogen) atoms. The fourth-order valence-electron chi connectivity index (χ4n) is 2.11. The molecule has 0 heterocycles. The first kappa shape index (κ1) is 12.3. The fourth-order valence-corrected chi connectivity index (χ4v) is 2.11. The Bertz CT molecular complexity index is 204. The third-order valence-corrected chi connectivity index (χ3v) is 3.16. The van der Waals surface area contributed by atoms with Gasteiger partial charge in [-0.15, -0.1) is 0 Å². The van der Waals surface area contributed by atoms with Gasteiger partial charge in [-0.3, -0.25) is 0 Å². The predicted octanol–water partition coefficient (Wildman–Crippen LogP) is 2.95. The van der Waals surface area contributed by atoms with Crippen molar-refractivity contribution in [1.29, 1.82) is 0 Å². The minimum Gasteiger partial charge on any atom is -0.446 e. The number of carbonyl (C=O) groups excluding carboxylic acids is 1. The molecule has 1 amide bonds. The van der Waals surface area contributed by atoms with E-state index in [0.717, 1.165) is 25.2 Å². The standard InChI is InChI=1S/C12H23NO2/c1-4-7-13-12(14)15-11-6-5-10(8-11)9(2)3/h9-11H,4-8H2,1-3H3,(H,13,14). The molecule has 0 spiro atoms. The van der Waals surface area contributed by atoms with Crippen molar-refractivity contribution >= 4 is 6.09 Å². The minimum atomic E-state index is -0.244. The number of hydrogen-bond donors (Lipinski definition) is 1. The summed E-state index contributed by atoms with van der Waals surface area (Å²) >= 11 is 0. The molecule has 0 aromatic rings. The van der Waals surface area contributed by atoms with Crippen molar-refractivity contribution in [3.05, 3.63) is 0 Å². The largest absolute Gasteiger partial charge is 0.446 e. The highest BCUT2D eigenvalue weighted by Gasteiger charge is 2.29. The molecule has 1 N–H and O–H groups in total. The Hall–Kier alpha value is -0.730. The molecule has 0 bridgehead atoms. The summed E-state index contributed by atoms with van der Waals surface area (Å²) in [7, 11) is 0. The SMILES string of the molecule is CCCNC(=O)OC1CCC(C(C)C)C1. The van der Waals surface area contributed by atoms with Crippen molar-refractivity contribution in [3.8, 4) is 0 Å². The molecule has 3 nitrogen and oxygen atoms in total. The molecule has 2 unspecified atom stereocenters. The van der Waals surface area contributed by atoms with E-state index < -0.39 is 0 Å². The lowest BCUT2D eigenvalue weighted by molar-refractivity contribution is 0.0973. The number of rotatable bonds is 4. The van der Waals surface area contributed by atoms with E-state index in [2.05, 4.69) is 19.2 Å². The zero-order valence-electron chi connectivity index (χ0n) is 10.1. The van der Waals surface area contributed by atoms with Crippen LogP contribution in [0.15, 0.2) is 0 Å². The molecule has 1 aliphatic carbocycles. The average molecular weight is 213 g/mol. The van der Waals surface area contributed by atoms with Crippen molar-refractivity contribution in [2.75, 3.05) is 6.54 Å². The van der Waals surface area contributed by atoms with Gasteiger partial charge in [0.05, 0.1) is 0 Å². The maximum Gasteiger partial charge on any atom is 0.407 e. The van der Waals surface area contributed by atoms with Gasteiger partial charge in [-0.2, -0.15) is 0 Å². The molecule has 3 heteroatoms. The molecule has 0 aromatic heterocycles. The molecular formula is C12H23NO2. The maximum absolute atomic E-state index is 11.3. The number of hydrogen-bond acceptors (Lipinski definition) is 2. The van der Waals surface area contributed by atoms with Gasteiger partial charge in [-0.1, -0.05) is 20.8 Å². The summed E-state index contributed by atoms with van der Waals surface area (Å²) in [6.07, 6.45) is 4.12. The highest BCUT2D eigenvalue weighted by atomic mass is 16.6. The molecule has 1 aliphatic rings. The normalized spacial score (nSPS) is 25.6. The van der Waals surface area contributed by atoms with Crippen LogP contribution in [-0.2, 0) is 4.74 Å². The van der Waals surface area contributed by atoms with E-state index in [1.165, 1.54) is 6.42 Å². The quantitative estimate of drug-likeness (QED) is 0.779. The van der Waals surface area contributed by atoms with E-state index in [1.54, 1.807) is 0 Å². The van der Waals surface area contributed by atoms with Crippen molar-refractivity contribution in [3.63, 3.8) is 0 Å². The Morgan fingerprint density at radius 2 is 2.20 bits per heavy atom. The summed E-state index contributed by atoms with van der Waals surface area (Å²) in [5.74, 6) is 1.44. The molecule has 0 aliphatic heterocycles. The Balaban J connectivity index is 2.20. The molecule has 1 fully saturated rings. The maximum atomic E-state index is 11.3. The molecule has 1 saturated carbocycles. The summed E-state index contributed by atoms with van der Waals surface area (Å²) in [4.78, 5) is 11.3. The average Bonchev–Trinajstić information content (AvgIpc) is 2.63. The van der Waals surface area contributed by atoms with Crippen LogP contribution in [0.4, 0.5) is 4.79 Å². The highest BCUT2D eigenvalue weighted by molar-refractivity contribution is 5.67. The van der Waals surface area contributed by atoms with Gasteiger partial charge in [0.1, 0.15) is 6.10 Å². The van der Waals surface area contributed by atoms with Crippen LogP contribution in [0, 0.1) is 11.8 Å². The third-order valence-electron chi connectivity index (χ3n) is 3.16. The zero-order chi connectivity index (χ0) is 11.3. The van der Waals surface area contributed by atoms with Crippen molar-refractivity contribution in [1.82, 2.24) is 5.32 Å². The van der Waals surface area contributed by atoms with Gasteiger partial charge < -0.3 is 10.1 Å². The summed E-state index contributed by atoms with van der Waals surface area (Å²) in [5, 5.41) is 2.74. The van der Waals surface area contributed by atoms with E-state index in [0.29, 0.717) is 12.5 Å². The number of alkyl carbamates (subject to hydrolysis) is 1. The van der Waals surface area contributed by atoms with E-state index in [4.69, 9.17) is 4.74 Å². The number of carbonyl (C=O) groups is 1. The van der Waals surface area contributed by atoms with Crippen molar-refractivity contribution < 1.29 is 9.53 Å². The van der Waals surface area contributed by atoms with Crippen LogP contribution in [0.1, 0.15) is 46.5 Å². The van der Waals surface area contributed by atoms with Crippen molar-refractivity contribution in [2.45, 2.75) is 52.6 Å². The molecule has 0 aromatic carbocycles. The van der Waals surface area contributed by atoms with E-state index >= 15 is 0 Å². The van der Waals surface area contributed by atoms with Gasteiger partial charge in [0.2, 0.25) is 0 Å². The molecule has 2 atom stereocenters. The summed E-state index contributed by atoms with van der Waals surface area (Å²) in [6, 6.07) is 0. The van der Waals surface area contributed by atoms with Gasteiger partial charge in [-0.25, -0.2) is 4.79 Å². The molecule has 88 valence electrons. The molecule has 1 rings (SSSR count). The summed E-state index contributed by atoms with van der Waals surface area (Å²) < 4.78 is 5.34. The van der Waals surface area contributed by atoms with Crippen molar-refractivity contribution in [2.24, 2.45) is 11.8 Å². The summed E-state index contributed by atoms with van der Waals surface area (Å²) in [6.45, 7) is 7.22. The first-order valence-electron chi connectivity index (χ1n) is 6.08. The second-order valence-electron chi connectivity index (χ2n) is 4.77. The minimum absolute atomic E-state index is 0.147. The number of ether oxygens (including phenoxy) is 1. The number of nitrogens with one attached hydrogen (secondary N) is 1. The number of amides is 1. The van der Waals surface area contributed by atoms with Crippen LogP contribution < -0.4 is 5.32 Å². The Kier molecular flexibility index (Phi) is 4.92. The van der Waals surface area contributed by atoms with Gasteiger partial charge in [0.25, 0.3) is 0 Å². The van der Waals surface area contributed by atoms with E-state index in [1.807, 2.05) is 6.92 Å². The van der Waals surface area contributed by atoms with Crippen LogP contribution in [0.3, 0.4) is 0 Å². The van der Waals surface area contributed by atoms with Crippen LogP contribution in [0.2, 0.25) is 0 Å². The Morgan fingerprint density at radius 3 is 2.73 bits per heavy atom. The highest BCUT2D eigenvalue weighted by Crippen LogP contribution is 2.32. The second-order valence-corrected chi connectivity index (χ2v) is 4.77. The molecule has 0 saturated heterocycles. The first-order chi connectivity index (χ1) is 7.13.